The van der Waals surface area contributed by atoms with Gasteiger partial charge >= 0.3 is 0 Å². The monoisotopic (exact) mass is 308 g/mol. The molecule has 6 heteroatoms. The fourth-order valence-electron chi connectivity index (χ4n) is 2.68. The van der Waals surface area contributed by atoms with Gasteiger partial charge in [0.15, 0.2) is 5.84 Å². The average Bonchev–Trinajstić information content (AvgIpc) is 2.90. The molecule has 0 unspecified atom stereocenters. The van der Waals surface area contributed by atoms with Crippen molar-refractivity contribution in [1.29, 1.82) is 0 Å². The van der Waals surface area contributed by atoms with Crippen LogP contribution in [0.1, 0.15) is 18.2 Å². The highest BCUT2D eigenvalue weighted by molar-refractivity contribution is 6.12. The van der Waals surface area contributed by atoms with Crippen molar-refractivity contribution in [3.8, 4) is 11.4 Å². The van der Waals surface area contributed by atoms with Crippen LogP contribution in [0.2, 0.25) is 0 Å². The molecule has 0 aliphatic heterocycles. The second-order valence-corrected chi connectivity index (χ2v) is 5.22. The standard InChI is InChI=1S/C17H16N4O2/c1-10(2)15-14(16(18)20-23)13-4-3-9-19-17(13)21(15)11-5-7-12(22)8-6-11/h3-9,22-23H,1H2,2H3,(H2,18,20). The van der Waals surface area contributed by atoms with Gasteiger partial charge in [-0.25, -0.2) is 4.98 Å². The molecule has 0 radical (unpaired) electrons. The van der Waals surface area contributed by atoms with Crippen LogP contribution in [0.4, 0.5) is 0 Å². The zero-order valence-corrected chi connectivity index (χ0v) is 12.6. The van der Waals surface area contributed by atoms with E-state index in [0.29, 0.717) is 16.9 Å². The quantitative estimate of drug-likeness (QED) is 0.300. The molecule has 23 heavy (non-hydrogen) atoms. The SMILES string of the molecule is C=C(C)c1c(/C(N)=N/O)c2cccnc2n1-c1ccc(O)cc1. The van der Waals surface area contributed by atoms with Crippen molar-refractivity contribution < 1.29 is 10.3 Å². The second kappa shape index (κ2) is 5.49. The number of phenolic OH excluding ortho intramolecular Hbond substituents is 1. The third-order valence-electron chi connectivity index (χ3n) is 3.60. The molecule has 0 aliphatic rings. The Bertz CT molecular complexity index is 924. The molecule has 4 N–H and O–H groups in total. The lowest BCUT2D eigenvalue weighted by Gasteiger charge is -2.11. The van der Waals surface area contributed by atoms with E-state index in [2.05, 4.69) is 16.7 Å². The van der Waals surface area contributed by atoms with Gasteiger partial charge in [0.25, 0.3) is 0 Å². The van der Waals surface area contributed by atoms with Crippen LogP contribution in [0, 0.1) is 0 Å². The van der Waals surface area contributed by atoms with Gasteiger partial charge in [-0.05, 0) is 48.9 Å². The van der Waals surface area contributed by atoms with E-state index >= 15 is 0 Å². The van der Waals surface area contributed by atoms with Gasteiger partial charge in [-0.3, -0.25) is 4.57 Å². The van der Waals surface area contributed by atoms with E-state index in [1.165, 1.54) is 0 Å². The summed E-state index contributed by atoms with van der Waals surface area (Å²) in [5.74, 6) is 0.172. The molecule has 2 heterocycles. The third kappa shape index (κ3) is 2.30. The lowest BCUT2D eigenvalue weighted by molar-refractivity contribution is 0.318. The predicted octanol–water partition coefficient (Wildman–Crippen LogP) is 2.86. The molecule has 0 atom stereocenters. The molecule has 0 bridgehead atoms. The van der Waals surface area contributed by atoms with Crippen molar-refractivity contribution in [3.05, 3.63) is 60.4 Å². The van der Waals surface area contributed by atoms with Gasteiger partial charge < -0.3 is 16.0 Å². The smallest absolute Gasteiger partial charge is 0.172 e. The topological polar surface area (TPSA) is 96.7 Å². The van der Waals surface area contributed by atoms with Gasteiger partial charge in [0.05, 0.1) is 11.3 Å². The molecule has 3 aromatic rings. The Kier molecular flexibility index (Phi) is 3.50. The van der Waals surface area contributed by atoms with Crippen LogP contribution < -0.4 is 5.73 Å². The number of hydrogen-bond donors (Lipinski definition) is 3. The number of aromatic hydroxyl groups is 1. The van der Waals surface area contributed by atoms with Gasteiger partial charge in [0.2, 0.25) is 0 Å². The van der Waals surface area contributed by atoms with Crippen molar-refractivity contribution in [3.63, 3.8) is 0 Å². The van der Waals surface area contributed by atoms with E-state index in [1.54, 1.807) is 36.5 Å². The fourth-order valence-corrected chi connectivity index (χ4v) is 2.68. The number of oxime groups is 1. The number of nitrogens with zero attached hydrogens (tertiary/aromatic N) is 3. The van der Waals surface area contributed by atoms with Crippen molar-refractivity contribution in [1.82, 2.24) is 9.55 Å². The van der Waals surface area contributed by atoms with Gasteiger partial charge in [-0.15, -0.1) is 0 Å². The number of fused-ring (bicyclic) bond motifs is 1. The molecule has 6 nitrogen and oxygen atoms in total. The van der Waals surface area contributed by atoms with Crippen molar-refractivity contribution in [2.45, 2.75) is 6.92 Å². The lowest BCUT2D eigenvalue weighted by Crippen LogP contribution is -2.15. The number of hydrogen-bond acceptors (Lipinski definition) is 4. The minimum absolute atomic E-state index is 0.00136. The molecular weight excluding hydrogens is 292 g/mol. The lowest BCUT2D eigenvalue weighted by atomic mass is 10.1. The number of amidine groups is 1. The van der Waals surface area contributed by atoms with E-state index in [0.717, 1.165) is 16.6 Å². The van der Waals surface area contributed by atoms with Gasteiger partial charge in [-0.2, -0.15) is 0 Å². The van der Waals surface area contributed by atoms with E-state index in [1.807, 2.05) is 17.6 Å². The van der Waals surface area contributed by atoms with Crippen molar-refractivity contribution in [2.24, 2.45) is 10.9 Å². The van der Waals surface area contributed by atoms with E-state index < -0.39 is 0 Å². The molecule has 3 rings (SSSR count). The maximum atomic E-state index is 9.51. The maximum Gasteiger partial charge on any atom is 0.172 e. The van der Waals surface area contributed by atoms with Crippen LogP contribution in [0.25, 0.3) is 22.3 Å². The predicted molar refractivity (Wildman–Crippen MR) is 90.0 cm³/mol. The van der Waals surface area contributed by atoms with Gasteiger partial charge in [-0.1, -0.05) is 11.7 Å². The summed E-state index contributed by atoms with van der Waals surface area (Å²) in [6, 6.07) is 10.4. The number of aromatic nitrogens is 2. The number of pyridine rings is 1. The number of benzene rings is 1. The highest BCUT2D eigenvalue weighted by atomic mass is 16.4. The highest BCUT2D eigenvalue weighted by Gasteiger charge is 2.22. The molecule has 0 saturated carbocycles. The summed E-state index contributed by atoms with van der Waals surface area (Å²) in [5.41, 5.74) is 9.39. The Labute approximate surface area is 132 Å². The van der Waals surface area contributed by atoms with Crippen molar-refractivity contribution in [2.75, 3.05) is 0 Å². The Morgan fingerprint density at radius 2 is 1.96 bits per heavy atom. The second-order valence-electron chi connectivity index (χ2n) is 5.22. The van der Waals surface area contributed by atoms with E-state index in [9.17, 15) is 5.11 Å². The summed E-state index contributed by atoms with van der Waals surface area (Å²) < 4.78 is 1.88. The first-order valence-corrected chi connectivity index (χ1v) is 6.97. The highest BCUT2D eigenvalue weighted by Crippen LogP contribution is 2.32. The summed E-state index contributed by atoms with van der Waals surface area (Å²) in [6.45, 7) is 5.86. The largest absolute Gasteiger partial charge is 0.508 e. The Hall–Kier alpha value is -3.28. The minimum Gasteiger partial charge on any atom is -0.508 e. The molecule has 0 spiro atoms. The average molecular weight is 308 g/mol. The zero-order chi connectivity index (χ0) is 16.6. The number of rotatable bonds is 3. The summed E-state index contributed by atoms with van der Waals surface area (Å²) in [6.07, 6.45) is 1.68. The van der Waals surface area contributed by atoms with Crippen LogP contribution >= 0.6 is 0 Å². The fraction of sp³-hybridized carbons (Fsp3) is 0.0588. The Morgan fingerprint density at radius 3 is 2.57 bits per heavy atom. The van der Waals surface area contributed by atoms with Crippen LogP contribution in [0.5, 0.6) is 5.75 Å². The first-order chi connectivity index (χ1) is 11.0. The summed E-state index contributed by atoms with van der Waals surface area (Å²) in [7, 11) is 0. The minimum atomic E-state index is -0.00136. The van der Waals surface area contributed by atoms with Crippen LogP contribution in [0.15, 0.2) is 54.3 Å². The molecular formula is C17H16N4O2. The zero-order valence-electron chi connectivity index (χ0n) is 12.6. The number of nitrogens with two attached hydrogens (primary N) is 1. The summed E-state index contributed by atoms with van der Waals surface area (Å²) in [4.78, 5) is 4.43. The Balaban J connectivity index is 2.47. The molecule has 0 aliphatic carbocycles. The molecule has 0 fully saturated rings. The molecule has 0 saturated heterocycles. The van der Waals surface area contributed by atoms with Gasteiger partial charge in [0, 0.05) is 17.3 Å². The van der Waals surface area contributed by atoms with E-state index in [-0.39, 0.29) is 11.6 Å². The molecule has 1 aromatic carbocycles. The maximum absolute atomic E-state index is 9.51. The summed E-state index contributed by atoms with van der Waals surface area (Å²) in [5, 5.41) is 22.6. The molecule has 2 aromatic heterocycles. The first kappa shape index (κ1) is 14.6. The first-order valence-electron chi connectivity index (χ1n) is 6.97. The Morgan fingerprint density at radius 1 is 1.26 bits per heavy atom. The third-order valence-corrected chi connectivity index (χ3v) is 3.60. The molecule has 116 valence electrons. The van der Waals surface area contributed by atoms with Crippen LogP contribution in [-0.2, 0) is 0 Å². The van der Waals surface area contributed by atoms with Crippen LogP contribution in [0.3, 0.4) is 0 Å². The van der Waals surface area contributed by atoms with Crippen molar-refractivity contribution >= 4 is 22.4 Å². The number of allylic oxidation sites excluding steroid dienone is 1. The van der Waals surface area contributed by atoms with Crippen LogP contribution in [-0.4, -0.2) is 25.7 Å². The summed E-state index contributed by atoms with van der Waals surface area (Å²) >= 11 is 0. The number of phenols is 1. The molecule has 0 amide bonds. The normalized spacial score (nSPS) is 11.8. The van der Waals surface area contributed by atoms with E-state index in [4.69, 9.17) is 10.9 Å². The van der Waals surface area contributed by atoms with Gasteiger partial charge in [0.1, 0.15) is 11.4 Å².